The van der Waals surface area contributed by atoms with Gasteiger partial charge in [0.25, 0.3) is 0 Å². The van der Waals surface area contributed by atoms with Crippen molar-refractivity contribution in [3.05, 3.63) is 35.6 Å². The summed E-state index contributed by atoms with van der Waals surface area (Å²) in [6.07, 6.45) is 2.26. The molecular weight excluding hydrogens is 349 g/mol. The second kappa shape index (κ2) is 8.94. The monoisotopic (exact) mass is 377 g/mol. The summed E-state index contributed by atoms with van der Waals surface area (Å²) < 4.78 is 13.3. The van der Waals surface area contributed by atoms with Gasteiger partial charge in [-0.2, -0.15) is 0 Å². The molecule has 2 unspecified atom stereocenters. The Morgan fingerprint density at radius 1 is 1.52 bits per heavy atom. The smallest absolute Gasteiger partial charge is 0.317 e. The van der Waals surface area contributed by atoms with E-state index < -0.39 is 5.54 Å². The number of likely N-dealkylation sites (tertiary alicyclic amines) is 1. The fourth-order valence-corrected chi connectivity index (χ4v) is 3.53. The van der Waals surface area contributed by atoms with E-state index in [4.69, 9.17) is 11.1 Å². The van der Waals surface area contributed by atoms with Gasteiger partial charge in [0.2, 0.25) is 0 Å². The fraction of sp³-hybridized carbons (Fsp3) is 0.526. The maximum Gasteiger partial charge on any atom is 0.317 e. The maximum absolute atomic E-state index is 13.3. The maximum atomic E-state index is 13.3. The molecule has 1 fully saturated rings. The summed E-state index contributed by atoms with van der Waals surface area (Å²) in [5, 5.41) is 11.1. The van der Waals surface area contributed by atoms with E-state index in [1.54, 1.807) is 36.0 Å². The highest BCUT2D eigenvalue weighted by Gasteiger charge is 2.42. The average Bonchev–Trinajstić information content (AvgIpc) is 2.65. The van der Waals surface area contributed by atoms with Crippen LogP contribution >= 0.6 is 0 Å². The molecule has 7 nitrogen and oxygen atoms in total. The highest BCUT2D eigenvalue weighted by Crippen LogP contribution is 2.29. The summed E-state index contributed by atoms with van der Waals surface area (Å²) >= 11 is 0. The van der Waals surface area contributed by atoms with Crippen LogP contribution in [0.1, 0.15) is 24.8 Å². The molecule has 27 heavy (non-hydrogen) atoms. The minimum absolute atomic E-state index is 0.0352. The largest absolute Gasteiger partial charge is 0.365 e. The summed E-state index contributed by atoms with van der Waals surface area (Å²) in [7, 11) is 3.45. The topological polar surface area (TPSA) is 103 Å². The number of nitrogens with one attached hydrogen (secondary N) is 2. The summed E-state index contributed by atoms with van der Waals surface area (Å²) in [4.78, 5) is 27.0. The van der Waals surface area contributed by atoms with Crippen molar-refractivity contribution in [2.24, 2.45) is 11.7 Å². The molecule has 148 valence electrons. The Morgan fingerprint density at radius 3 is 2.89 bits per heavy atom. The molecule has 2 amide bonds. The number of amidine groups is 1. The molecule has 2 rings (SSSR count). The summed E-state index contributed by atoms with van der Waals surface area (Å²) in [5.74, 6) is -0.350. The molecule has 1 aromatic rings. The number of benzene rings is 1. The molecule has 1 saturated heterocycles. The number of urea groups is 1. The van der Waals surface area contributed by atoms with Gasteiger partial charge in [0.1, 0.15) is 17.9 Å². The molecule has 0 bridgehead atoms. The molecule has 1 aliphatic rings. The molecule has 1 aromatic carbocycles. The zero-order valence-electron chi connectivity index (χ0n) is 15.9. The van der Waals surface area contributed by atoms with E-state index in [1.165, 1.54) is 12.1 Å². The number of nitrogens with two attached hydrogens (primary N) is 1. The number of likely N-dealkylation sites (N-methyl/N-ethyl adjacent to an activating group) is 1. The molecule has 2 atom stereocenters. The molecule has 0 radical (unpaired) electrons. The van der Waals surface area contributed by atoms with Crippen LogP contribution in [0.3, 0.4) is 0 Å². The molecule has 0 spiro atoms. The molecular formula is C19H28FN5O2. The first-order valence-electron chi connectivity index (χ1n) is 9.04. The van der Waals surface area contributed by atoms with Crippen LogP contribution < -0.4 is 11.1 Å². The number of hydrogen-bond donors (Lipinski definition) is 3. The SMILES string of the molecule is CN(C)C(=N)C(N)(CC=O)C1CCCN(C(=O)NCc2cccc(F)c2)C1. The molecule has 4 N–H and O–H groups in total. The zero-order valence-corrected chi connectivity index (χ0v) is 15.9. The standard InChI is InChI=1S/C19H28FN5O2/c1-24(2)17(21)19(22,8-10-26)15-6-4-9-25(13-15)18(27)23-12-14-5-3-7-16(20)11-14/h3,5,7,10-11,15,21H,4,6,8-9,12-13,22H2,1-2H3,(H,23,27). The van der Waals surface area contributed by atoms with Gasteiger partial charge in [0.05, 0.1) is 5.54 Å². The third-order valence-corrected chi connectivity index (χ3v) is 5.08. The van der Waals surface area contributed by atoms with E-state index in [9.17, 15) is 14.0 Å². The van der Waals surface area contributed by atoms with Crippen molar-refractivity contribution in [1.82, 2.24) is 15.1 Å². The van der Waals surface area contributed by atoms with Gasteiger partial charge in [0.15, 0.2) is 0 Å². The Bertz CT molecular complexity index is 696. The first kappa shape index (κ1) is 20.8. The van der Waals surface area contributed by atoms with Crippen molar-refractivity contribution >= 4 is 18.2 Å². The predicted molar refractivity (Wildman–Crippen MR) is 102 cm³/mol. The number of carbonyl (C=O) groups is 2. The first-order chi connectivity index (χ1) is 12.8. The van der Waals surface area contributed by atoms with Crippen LogP contribution in [0.4, 0.5) is 9.18 Å². The van der Waals surface area contributed by atoms with Crippen LogP contribution in [-0.2, 0) is 11.3 Å². The van der Waals surface area contributed by atoms with Crippen molar-refractivity contribution in [3.8, 4) is 0 Å². The number of nitrogens with zero attached hydrogens (tertiary/aromatic N) is 2. The van der Waals surface area contributed by atoms with E-state index in [0.717, 1.165) is 19.1 Å². The van der Waals surface area contributed by atoms with Gasteiger partial charge in [0, 0.05) is 46.1 Å². The van der Waals surface area contributed by atoms with Crippen molar-refractivity contribution in [1.29, 1.82) is 5.41 Å². The lowest BCUT2D eigenvalue weighted by molar-refractivity contribution is -0.108. The molecule has 0 aliphatic carbocycles. The van der Waals surface area contributed by atoms with E-state index in [1.807, 2.05) is 0 Å². The quantitative estimate of drug-likeness (QED) is 0.398. The normalized spacial score (nSPS) is 19.1. The number of halogens is 1. The van der Waals surface area contributed by atoms with Crippen molar-refractivity contribution in [3.63, 3.8) is 0 Å². The van der Waals surface area contributed by atoms with Gasteiger partial charge >= 0.3 is 6.03 Å². The van der Waals surface area contributed by atoms with Crippen LogP contribution in [0, 0.1) is 17.1 Å². The number of hydrogen-bond acceptors (Lipinski definition) is 4. The lowest BCUT2D eigenvalue weighted by Crippen LogP contribution is -2.62. The van der Waals surface area contributed by atoms with Gasteiger partial charge in [-0.05, 0) is 30.5 Å². The van der Waals surface area contributed by atoms with Crippen LogP contribution in [0.15, 0.2) is 24.3 Å². The lowest BCUT2D eigenvalue weighted by Gasteiger charge is -2.44. The van der Waals surface area contributed by atoms with E-state index in [2.05, 4.69) is 5.32 Å². The van der Waals surface area contributed by atoms with Crippen molar-refractivity contribution < 1.29 is 14.0 Å². The number of carbonyl (C=O) groups excluding carboxylic acids is 2. The minimum atomic E-state index is -1.10. The van der Waals surface area contributed by atoms with Crippen LogP contribution in [-0.4, -0.2) is 60.7 Å². The zero-order chi connectivity index (χ0) is 20.0. The summed E-state index contributed by atoms with van der Waals surface area (Å²) in [5.41, 5.74) is 6.05. The van der Waals surface area contributed by atoms with Crippen LogP contribution in [0.2, 0.25) is 0 Å². The average molecular weight is 377 g/mol. The minimum Gasteiger partial charge on any atom is -0.365 e. The number of piperidine rings is 1. The second-order valence-electron chi connectivity index (χ2n) is 7.23. The predicted octanol–water partition coefficient (Wildman–Crippen LogP) is 1.57. The Kier molecular flexibility index (Phi) is 6.90. The molecule has 1 aliphatic heterocycles. The number of rotatable bonds is 6. The Balaban J connectivity index is 2.03. The fourth-order valence-electron chi connectivity index (χ4n) is 3.53. The number of aldehydes is 1. The first-order valence-corrected chi connectivity index (χ1v) is 9.04. The van der Waals surface area contributed by atoms with Crippen molar-refractivity contribution in [2.45, 2.75) is 31.3 Å². The third kappa shape index (κ3) is 5.03. The van der Waals surface area contributed by atoms with Crippen LogP contribution in [0.25, 0.3) is 0 Å². The van der Waals surface area contributed by atoms with Crippen molar-refractivity contribution in [2.75, 3.05) is 27.2 Å². The van der Waals surface area contributed by atoms with E-state index in [-0.39, 0.29) is 36.6 Å². The second-order valence-corrected chi connectivity index (χ2v) is 7.23. The molecule has 8 heteroatoms. The molecule has 0 aromatic heterocycles. The Labute approximate surface area is 159 Å². The molecule has 1 heterocycles. The van der Waals surface area contributed by atoms with Gasteiger partial charge in [-0.1, -0.05) is 12.1 Å². The molecule has 0 saturated carbocycles. The van der Waals surface area contributed by atoms with Gasteiger partial charge < -0.3 is 25.6 Å². The third-order valence-electron chi connectivity index (χ3n) is 5.08. The Morgan fingerprint density at radius 2 is 2.26 bits per heavy atom. The van der Waals surface area contributed by atoms with Gasteiger partial charge in [-0.15, -0.1) is 0 Å². The van der Waals surface area contributed by atoms with E-state index in [0.29, 0.717) is 18.7 Å². The summed E-state index contributed by atoms with van der Waals surface area (Å²) in [6.45, 7) is 1.18. The number of amides is 2. The highest BCUT2D eigenvalue weighted by molar-refractivity contribution is 5.91. The Hall–Kier alpha value is -2.48. The van der Waals surface area contributed by atoms with Gasteiger partial charge in [-0.3, -0.25) is 5.41 Å². The summed E-state index contributed by atoms with van der Waals surface area (Å²) in [6, 6.07) is 5.83. The highest BCUT2D eigenvalue weighted by atomic mass is 19.1. The van der Waals surface area contributed by atoms with E-state index >= 15 is 0 Å². The lowest BCUT2D eigenvalue weighted by atomic mass is 9.76. The van der Waals surface area contributed by atoms with Gasteiger partial charge in [-0.25, -0.2) is 9.18 Å². The van der Waals surface area contributed by atoms with Crippen LogP contribution in [0.5, 0.6) is 0 Å².